The number of benzene rings is 2. The number of likely N-dealkylation sites (tertiary alicyclic amines) is 1. The Kier molecular flexibility index (Phi) is 7.23. The lowest BCUT2D eigenvalue weighted by molar-refractivity contribution is -0.126. The van der Waals surface area contributed by atoms with Crippen LogP contribution in [-0.2, 0) is 27.9 Å². The van der Waals surface area contributed by atoms with Gasteiger partial charge in [0.25, 0.3) is 0 Å². The Hall–Kier alpha value is -2.29. The van der Waals surface area contributed by atoms with Crippen molar-refractivity contribution in [1.29, 1.82) is 0 Å². The summed E-state index contributed by atoms with van der Waals surface area (Å²) in [6, 6.07) is 13.1. The molecule has 2 aromatic carbocycles. The number of hydrogen-bond acceptors (Lipinski definition) is 4. The molecule has 6 nitrogen and oxygen atoms in total. The number of nitrogens with one attached hydrogen (secondary N) is 1. The molecule has 0 spiro atoms. The first-order valence-electron chi connectivity index (χ1n) is 11.3. The van der Waals surface area contributed by atoms with Gasteiger partial charge < -0.3 is 5.32 Å². The highest BCUT2D eigenvalue weighted by atomic mass is 32.2. The van der Waals surface area contributed by atoms with Crippen LogP contribution < -0.4 is 5.32 Å². The van der Waals surface area contributed by atoms with Crippen LogP contribution in [0.3, 0.4) is 0 Å². The SMILES string of the molecule is O=C(NCc1ccc(CN2CCCC2)cc1)C1CCCN(S(=O)(=O)c2ccc(F)cc2)C1. The van der Waals surface area contributed by atoms with Gasteiger partial charge in [0.15, 0.2) is 0 Å². The molecule has 2 saturated heterocycles. The van der Waals surface area contributed by atoms with E-state index in [1.807, 2.05) is 12.1 Å². The molecule has 8 heteroatoms. The number of rotatable bonds is 7. The molecule has 2 heterocycles. The fourth-order valence-electron chi connectivity index (χ4n) is 4.43. The minimum atomic E-state index is -3.74. The summed E-state index contributed by atoms with van der Waals surface area (Å²) in [5, 5.41) is 2.96. The molecular weight excluding hydrogens is 429 g/mol. The second-order valence-electron chi connectivity index (χ2n) is 8.67. The summed E-state index contributed by atoms with van der Waals surface area (Å²) in [5.74, 6) is -1.01. The molecule has 2 fully saturated rings. The third-order valence-electron chi connectivity index (χ3n) is 6.30. The predicted molar refractivity (Wildman–Crippen MR) is 121 cm³/mol. The highest BCUT2D eigenvalue weighted by molar-refractivity contribution is 7.89. The van der Waals surface area contributed by atoms with E-state index in [0.29, 0.717) is 25.9 Å². The van der Waals surface area contributed by atoms with Crippen LogP contribution in [0.5, 0.6) is 0 Å². The number of nitrogens with zero attached hydrogens (tertiary/aromatic N) is 2. The molecule has 0 radical (unpaired) electrons. The molecule has 172 valence electrons. The normalized spacial score (nSPS) is 20.3. The molecule has 2 aliphatic heterocycles. The zero-order valence-electron chi connectivity index (χ0n) is 18.2. The van der Waals surface area contributed by atoms with Crippen LogP contribution in [0, 0.1) is 11.7 Å². The number of carbonyl (C=O) groups is 1. The van der Waals surface area contributed by atoms with Gasteiger partial charge in [0.1, 0.15) is 5.82 Å². The molecule has 1 unspecified atom stereocenters. The molecule has 2 aliphatic rings. The summed E-state index contributed by atoms with van der Waals surface area (Å²) in [7, 11) is -3.74. The van der Waals surface area contributed by atoms with Gasteiger partial charge in [-0.15, -0.1) is 0 Å². The van der Waals surface area contributed by atoms with Crippen molar-refractivity contribution in [3.8, 4) is 0 Å². The summed E-state index contributed by atoms with van der Waals surface area (Å²) in [4.78, 5) is 15.2. The summed E-state index contributed by atoms with van der Waals surface area (Å²) < 4.78 is 40.2. The number of halogens is 1. The third-order valence-corrected chi connectivity index (χ3v) is 8.18. The Bertz CT molecular complexity index is 1020. The van der Waals surface area contributed by atoms with Gasteiger partial charge in [-0.3, -0.25) is 9.69 Å². The Labute approximate surface area is 189 Å². The second-order valence-corrected chi connectivity index (χ2v) is 10.6. The number of hydrogen-bond donors (Lipinski definition) is 1. The lowest BCUT2D eigenvalue weighted by Gasteiger charge is -2.31. The maximum atomic E-state index is 13.2. The zero-order valence-corrected chi connectivity index (χ0v) is 19.0. The Morgan fingerprint density at radius 3 is 2.28 bits per heavy atom. The Morgan fingerprint density at radius 2 is 1.59 bits per heavy atom. The van der Waals surface area contributed by atoms with Gasteiger partial charge in [0, 0.05) is 26.2 Å². The smallest absolute Gasteiger partial charge is 0.243 e. The molecule has 1 N–H and O–H groups in total. The topological polar surface area (TPSA) is 69.7 Å². The highest BCUT2D eigenvalue weighted by Gasteiger charge is 2.33. The lowest BCUT2D eigenvalue weighted by Crippen LogP contribution is -2.45. The van der Waals surface area contributed by atoms with E-state index in [0.717, 1.165) is 37.3 Å². The highest BCUT2D eigenvalue weighted by Crippen LogP contribution is 2.24. The average molecular weight is 460 g/mol. The maximum absolute atomic E-state index is 13.2. The minimum Gasteiger partial charge on any atom is -0.352 e. The van der Waals surface area contributed by atoms with Crippen LogP contribution >= 0.6 is 0 Å². The van der Waals surface area contributed by atoms with Crippen molar-refractivity contribution < 1.29 is 17.6 Å². The second kappa shape index (κ2) is 10.1. The summed E-state index contributed by atoms with van der Waals surface area (Å²) in [6.07, 6.45) is 3.81. The zero-order chi connectivity index (χ0) is 22.6. The van der Waals surface area contributed by atoms with E-state index in [9.17, 15) is 17.6 Å². The monoisotopic (exact) mass is 459 g/mol. The third kappa shape index (κ3) is 5.54. The van der Waals surface area contributed by atoms with Crippen LogP contribution in [0.15, 0.2) is 53.4 Å². The quantitative estimate of drug-likeness (QED) is 0.691. The van der Waals surface area contributed by atoms with Crippen molar-refractivity contribution in [1.82, 2.24) is 14.5 Å². The minimum absolute atomic E-state index is 0.0500. The van der Waals surface area contributed by atoms with E-state index in [1.165, 1.54) is 34.8 Å². The van der Waals surface area contributed by atoms with Gasteiger partial charge in [0.05, 0.1) is 10.8 Å². The molecule has 0 aliphatic carbocycles. The molecule has 1 amide bonds. The van der Waals surface area contributed by atoms with Gasteiger partial charge >= 0.3 is 0 Å². The van der Waals surface area contributed by atoms with Crippen LogP contribution in [0.4, 0.5) is 4.39 Å². The van der Waals surface area contributed by atoms with E-state index in [1.54, 1.807) is 0 Å². The van der Waals surface area contributed by atoms with E-state index in [2.05, 4.69) is 22.3 Å². The fraction of sp³-hybridized carbons (Fsp3) is 0.458. The fourth-order valence-corrected chi connectivity index (χ4v) is 5.95. The van der Waals surface area contributed by atoms with E-state index < -0.39 is 21.8 Å². The first-order chi connectivity index (χ1) is 15.4. The van der Waals surface area contributed by atoms with Gasteiger partial charge in [-0.05, 0) is 74.2 Å². The van der Waals surface area contributed by atoms with Gasteiger partial charge in [-0.25, -0.2) is 12.8 Å². The first-order valence-corrected chi connectivity index (χ1v) is 12.7. The van der Waals surface area contributed by atoms with Crippen molar-refractivity contribution in [3.05, 3.63) is 65.5 Å². The lowest BCUT2D eigenvalue weighted by atomic mass is 9.98. The first kappa shape index (κ1) is 22.9. The Balaban J connectivity index is 1.31. The number of sulfonamides is 1. The standard InChI is InChI=1S/C24H30FN3O3S/c25-22-9-11-23(12-10-22)32(30,31)28-15-3-4-21(18-28)24(29)26-16-19-5-7-20(8-6-19)17-27-13-1-2-14-27/h5-12,21H,1-4,13-18H2,(H,26,29). The van der Waals surface area contributed by atoms with Crippen LogP contribution in [0.25, 0.3) is 0 Å². The molecule has 32 heavy (non-hydrogen) atoms. The van der Waals surface area contributed by atoms with Crippen molar-refractivity contribution >= 4 is 15.9 Å². The van der Waals surface area contributed by atoms with Crippen LogP contribution in [-0.4, -0.2) is 49.7 Å². The largest absolute Gasteiger partial charge is 0.352 e. The van der Waals surface area contributed by atoms with Crippen molar-refractivity contribution in [2.45, 2.75) is 43.7 Å². The van der Waals surface area contributed by atoms with Crippen molar-refractivity contribution in [3.63, 3.8) is 0 Å². The maximum Gasteiger partial charge on any atom is 0.243 e. The number of amides is 1. The van der Waals surface area contributed by atoms with Crippen molar-refractivity contribution in [2.75, 3.05) is 26.2 Å². The van der Waals surface area contributed by atoms with Crippen LogP contribution in [0.2, 0.25) is 0 Å². The summed E-state index contributed by atoms with van der Waals surface area (Å²) in [5.41, 5.74) is 2.30. The summed E-state index contributed by atoms with van der Waals surface area (Å²) in [6.45, 7) is 4.21. The Morgan fingerprint density at radius 1 is 0.938 bits per heavy atom. The molecule has 0 bridgehead atoms. The number of carbonyl (C=O) groups excluding carboxylic acids is 1. The van der Waals surface area contributed by atoms with E-state index in [-0.39, 0.29) is 17.3 Å². The average Bonchev–Trinajstić information content (AvgIpc) is 3.32. The van der Waals surface area contributed by atoms with Gasteiger partial charge in [-0.1, -0.05) is 24.3 Å². The molecule has 4 rings (SSSR count). The predicted octanol–water partition coefficient (Wildman–Crippen LogP) is 3.14. The number of piperidine rings is 1. The van der Waals surface area contributed by atoms with Crippen LogP contribution in [0.1, 0.15) is 36.8 Å². The van der Waals surface area contributed by atoms with Crippen molar-refractivity contribution in [2.24, 2.45) is 5.92 Å². The van der Waals surface area contributed by atoms with Gasteiger partial charge in [-0.2, -0.15) is 4.31 Å². The molecule has 2 aromatic rings. The molecule has 0 saturated carbocycles. The summed E-state index contributed by atoms with van der Waals surface area (Å²) >= 11 is 0. The van der Waals surface area contributed by atoms with E-state index in [4.69, 9.17) is 0 Å². The molecular formula is C24H30FN3O3S. The van der Waals surface area contributed by atoms with E-state index >= 15 is 0 Å². The molecule has 1 atom stereocenters. The van der Waals surface area contributed by atoms with Gasteiger partial charge in [0.2, 0.25) is 15.9 Å². The molecule has 0 aromatic heterocycles.